The summed E-state index contributed by atoms with van der Waals surface area (Å²) in [6, 6.07) is 18.7. The number of carboxylic acid groups (broad SMARTS) is 1. The number of nitrogens with zero attached hydrogens (tertiary/aromatic N) is 5. The molecule has 8 bridgehead atoms. The molecule has 9 nitrogen and oxygen atoms in total. The number of aromatic carboxylic acids is 1. The fourth-order valence-electron chi connectivity index (χ4n) is 7.13. The molecule has 2 aliphatic heterocycles. The highest BCUT2D eigenvalue weighted by Crippen LogP contribution is 2.43. The molecule has 8 rings (SSSR count). The number of aryl methyl sites for hydroxylation is 3. The molecule has 0 aliphatic carbocycles. The van der Waals surface area contributed by atoms with Crippen molar-refractivity contribution in [2.75, 3.05) is 13.2 Å². The number of thioether (sulfide) groups is 2. The van der Waals surface area contributed by atoms with Crippen LogP contribution in [0.5, 0.6) is 5.75 Å². The molecule has 0 saturated carbocycles. The largest absolute Gasteiger partial charge is 0.493 e. The van der Waals surface area contributed by atoms with Gasteiger partial charge in [0.2, 0.25) is 0 Å². The number of rotatable bonds is 1. The number of fused-ring (bicyclic) bond motifs is 10. The van der Waals surface area contributed by atoms with Crippen molar-refractivity contribution in [1.82, 2.24) is 29.4 Å². The summed E-state index contributed by atoms with van der Waals surface area (Å²) in [5, 5.41) is 27.6. The molecule has 2 N–H and O–H groups in total. The van der Waals surface area contributed by atoms with Crippen LogP contribution < -0.4 is 10.1 Å². The van der Waals surface area contributed by atoms with Crippen LogP contribution in [-0.4, -0.2) is 48.4 Å². The van der Waals surface area contributed by atoms with E-state index in [4.69, 9.17) is 26.5 Å². The minimum Gasteiger partial charge on any atom is -0.493 e. The van der Waals surface area contributed by atoms with E-state index >= 15 is 0 Å². The standard InChI is InChI=1S/C36H35ClN6O3S2/c1-41-34-27-9-10-28(37)32(34)33-29(40-43-12-11-38-17-30(33)43)20-47-18-22-15-23(42(2)39-22)19-48-24-14-21-6-3-4-7-25(21)31(16-24)46-13-5-8-26(27)35(41)36(44)45/h3-4,6-7,9-10,14-16,38H,5,8,11-13,17-20H2,1-2H3,(H,44,45). The summed E-state index contributed by atoms with van der Waals surface area (Å²) >= 11 is 10.6. The molecule has 0 amide bonds. The Hall–Kier alpha value is -3.90. The van der Waals surface area contributed by atoms with E-state index < -0.39 is 5.97 Å². The lowest BCUT2D eigenvalue weighted by molar-refractivity contribution is 0.0685. The minimum absolute atomic E-state index is 0.278. The summed E-state index contributed by atoms with van der Waals surface area (Å²) in [6.45, 7) is 2.71. The van der Waals surface area contributed by atoms with Crippen molar-refractivity contribution < 1.29 is 14.6 Å². The van der Waals surface area contributed by atoms with E-state index in [0.717, 1.165) is 96.4 Å². The Morgan fingerprint density at radius 3 is 2.77 bits per heavy atom. The zero-order valence-electron chi connectivity index (χ0n) is 26.8. The molecule has 0 saturated heterocycles. The van der Waals surface area contributed by atoms with E-state index in [2.05, 4.69) is 40.3 Å². The number of ether oxygens (including phenoxy) is 1. The van der Waals surface area contributed by atoms with Gasteiger partial charge in [-0.15, -0.1) is 23.5 Å². The molecule has 48 heavy (non-hydrogen) atoms. The Morgan fingerprint density at radius 2 is 1.90 bits per heavy atom. The van der Waals surface area contributed by atoms with Gasteiger partial charge in [0, 0.05) is 76.9 Å². The third kappa shape index (κ3) is 5.56. The highest BCUT2D eigenvalue weighted by Gasteiger charge is 2.29. The third-order valence-corrected chi connectivity index (χ3v) is 11.6. The Balaban J connectivity index is 1.27. The molecule has 0 fully saturated rings. The van der Waals surface area contributed by atoms with Crippen molar-refractivity contribution in [3.05, 3.63) is 93.7 Å². The number of nitrogens with one attached hydrogen (secondary N) is 1. The van der Waals surface area contributed by atoms with E-state index in [0.29, 0.717) is 36.8 Å². The Labute approximate surface area is 291 Å². The molecule has 0 unspecified atom stereocenters. The Morgan fingerprint density at radius 1 is 1.02 bits per heavy atom. The van der Waals surface area contributed by atoms with Gasteiger partial charge in [-0.3, -0.25) is 9.36 Å². The second kappa shape index (κ2) is 12.9. The average molecular weight is 699 g/mol. The lowest BCUT2D eigenvalue weighted by atomic mass is 9.97. The highest BCUT2D eigenvalue weighted by atomic mass is 35.5. The summed E-state index contributed by atoms with van der Waals surface area (Å²) in [7, 11) is 3.84. The quantitative estimate of drug-likeness (QED) is 0.183. The monoisotopic (exact) mass is 698 g/mol. The summed E-state index contributed by atoms with van der Waals surface area (Å²) in [6.07, 6.45) is 1.20. The lowest BCUT2D eigenvalue weighted by Crippen LogP contribution is -2.28. The normalized spacial score (nSPS) is 15.6. The van der Waals surface area contributed by atoms with Crippen molar-refractivity contribution in [3.63, 3.8) is 0 Å². The van der Waals surface area contributed by atoms with Gasteiger partial charge in [-0.2, -0.15) is 10.2 Å². The molecule has 0 atom stereocenters. The van der Waals surface area contributed by atoms with Crippen LogP contribution in [-0.2, 0) is 50.9 Å². The van der Waals surface area contributed by atoms with Gasteiger partial charge in [0.25, 0.3) is 0 Å². The molecule has 5 heterocycles. The number of hydrogen-bond donors (Lipinski definition) is 2. The molecule has 6 aromatic rings. The van der Waals surface area contributed by atoms with Crippen LogP contribution in [0.1, 0.15) is 45.2 Å². The molecule has 246 valence electrons. The van der Waals surface area contributed by atoms with Crippen molar-refractivity contribution in [1.29, 1.82) is 0 Å². The van der Waals surface area contributed by atoms with Gasteiger partial charge in [-0.25, -0.2) is 4.79 Å². The first-order valence-corrected chi connectivity index (χ1v) is 18.6. The first-order valence-electron chi connectivity index (χ1n) is 16.1. The maximum Gasteiger partial charge on any atom is 0.352 e. The number of aromatic nitrogens is 5. The van der Waals surface area contributed by atoms with Gasteiger partial charge in [0.05, 0.1) is 40.8 Å². The van der Waals surface area contributed by atoms with Crippen molar-refractivity contribution >= 4 is 62.8 Å². The van der Waals surface area contributed by atoms with Gasteiger partial charge < -0.3 is 19.7 Å². The van der Waals surface area contributed by atoms with E-state index in [1.807, 2.05) is 47.6 Å². The number of carboxylic acids is 1. The number of benzene rings is 3. The second-order valence-electron chi connectivity index (χ2n) is 12.3. The second-order valence-corrected chi connectivity index (χ2v) is 14.7. The smallest absolute Gasteiger partial charge is 0.352 e. The van der Waals surface area contributed by atoms with E-state index in [1.165, 1.54) is 0 Å². The van der Waals surface area contributed by atoms with Crippen molar-refractivity contribution in [2.24, 2.45) is 14.1 Å². The van der Waals surface area contributed by atoms with Gasteiger partial charge in [-0.1, -0.05) is 41.9 Å². The first-order chi connectivity index (χ1) is 23.4. The Kier molecular flexibility index (Phi) is 8.40. The first kappa shape index (κ1) is 31.4. The van der Waals surface area contributed by atoms with Crippen LogP contribution in [0.25, 0.3) is 32.8 Å². The summed E-state index contributed by atoms with van der Waals surface area (Å²) in [5.41, 5.74) is 7.93. The predicted molar refractivity (Wildman–Crippen MR) is 193 cm³/mol. The maximum absolute atomic E-state index is 12.8. The molecule has 0 radical (unpaired) electrons. The molecular formula is C36H35ClN6O3S2. The highest BCUT2D eigenvalue weighted by molar-refractivity contribution is 7.98. The van der Waals surface area contributed by atoms with Gasteiger partial charge in [0.15, 0.2) is 0 Å². The fraction of sp³-hybridized carbons (Fsp3) is 0.306. The third-order valence-electron chi connectivity index (χ3n) is 9.31. The lowest BCUT2D eigenvalue weighted by Gasteiger charge is -2.17. The molecular weight excluding hydrogens is 664 g/mol. The Bertz CT molecular complexity index is 2220. The van der Waals surface area contributed by atoms with E-state index in [-0.39, 0.29) is 5.69 Å². The van der Waals surface area contributed by atoms with Crippen LogP contribution in [0.3, 0.4) is 0 Å². The predicted octanol–water partition coefficient (Wildman–Crippen LogP) is 7.43. The zero-order valence-corrected chi connectivity index (χ0v) is 29.1. The SMILES string of the molecule is Cn1nc2cc1CSc1cc(c3ccccc3c1)OCCCc1c(C(=O)O)n(C)c3c(c(Cl)ccc13)-c1c(nn3c1CNCC3)CSC2. The summed E-state index contributed by atoms with van der Waals surface area (Å²) in [5.74, 6) is 2.07. The number of halogens is 1. The summed E-state index contributed by atoms with van der Waals surface area (Å²) in [4.78, 5) is 14.0. The van der Waals surface area contributed by atoms with E-state index in [1.54, 1.807) is 23.5 Å². The van der Waals surface area contributed by atoms with Crippen molar-refractivity contribution in [3.8, 4) is 16.9 Å². The molecule has 3 aromatic heterocycles. The van der Waals surface area contributed by atoms with E-state index in [9.17, 15) is 9.90 Å². The van der Waals surface area contributed by atoms with Crippen LogP contribution in [0.15, 0.2) is 59.5 Å². The minimum atomic E-state index is -0.957. The molecule has 3 aromatic carbocycles. The average Bonchev–Trinajstić information content (AvgIpc) is 3.72. The van der Waals surface area contributed by atoms with Gasteiger partial charge >= 0.3 is 5.97 Å². The maximum atomic E-state index is 12.8. The van der Waals surface area contributed by atoms with Crippen molar-refractivity contribution in [2.45, 2.75) is 48.1 Å². The number of carbonyl (C=O) groups is 1. The number of hydrogen-bond acceptors (Lipinski definition) is 7. The molecule has 12 heteroatoms. The van der Waals surface area contributed by atoms with Crippen LogP contribution >= 0.6 is 35.1 Å². The molecule has 0 spiro atoms. The van der Waals surface area contributed by atoms with Gasteiger partial charge in [-0.05, 0) is 48.1 Å². The molecule has 2 aliphatic rings. The zero-order chi connectivity index (χ0) is 32.9. The van der Waals surface area contributed by atoms with Crippen LogP contribution in [0, 0.1) is 0 Å². The van der Waals surface area contributed by atoms with Crippen LogP contribution in [0.4, 0.5) is 0 Å². The topological polar surface area (TPSA) is 99.1 Å². The van der Waals surface area contributed by atoms with Crippen LogP contribution in [0.2, 0.25) is 5.02 Å². The summed E-state index contributed by atoms with van der Waals surface area (Å²) < 4.78 is 12.3. The van der Waals surface area contributed by atoms with Gasteiger partial charge in [0.1, 0.15) is 11.4 Å². The fourth-order valence-corrected chi connectivity index (χ4v) is 9.21.